The van der Waals surface area contributed by atoms with Gasteiger partial charge in [-0.1, -0.05) is 42.5 Å². The summed E-state index contributed by atoms with van der Waals surface area (Å²) >= 11 is 0. The molecule has 0 amide bonds. The van der Waals surface area contributed by atoms with Crippen LogP contribution in [-0.4, -0.2) is 61.1 Å². The highest BCUT2D eigenvalue weighted by atomic mass is 16.7. The molecule has 1 heterocycles. The van der Waals surface area contributed by atoms with E-state index in [0.717, 1.165) is 0 Å². The summed E-state index contributed by atoms with van der Waals surface area (Å²) in [4.78, 5) is 9.91. The van der Waals surface area contributed by atoms with Crippen molar-refractivity contribution < 1.29 is 35.2 Å². The lowest BCUT2D eigenvalue weighted by atomic mass is 9.83. The first kappa shape index (κ1) is 17.7. The Bertz CT molecular complexity index is 804. The van der Waals surface area contributed by atoms with Gasteiger partial charge >= 0.3 is 5.72 Å². The fourth-order valence-electron chi connectivity index (χ4n) is 3.17. The van der Waals surface area contributed by atoms with Crippen molar-refractivity contribution in [1.29, 1.82) is 0 Å². The molecule has 25 heavy (non-hydrogen) atoms. The van der Waals surface area contributed by atoms with Gasteiger partial charge < -0.3 is 30.3 Å². The topological polar surface area (TPSA) is 154 Å². The van der Waals surface area contributed by atoms with Crippen LogP contribution in [0.5, 0.6) is 0 Å². The second kappa shape index (κ2) is 5.99. The third-order valence-electron chi connectivity index (χ3n) is 4.56. The Morgan fingerprint density at radius 1 is 1.08 bits per heavy atom. The quantitative estimate of drug-likeness (QED) is 0.270. The van der Waals surface area contributed by atoms with E-state index < -0.39 is 41.4 Å². The zero-order valence-electron chi connectivity index (χ0n) is 12.9. The molecule has 2 aromatic carbocycles. The molecular formula is C16H17NO8. The van der Waals surface area contributed by atoms with E-state index in [1.807, 2.05) is 0 Å². The number of nitro groups is 1. The van der Waals surface area contributed by atoms with Crippen molar-refractivity contribution in [3.63, 3.8) is 0 Å². The number of nitrogens with zero attached hydrogens (tertiary/aromatic N) is 1. The molecule has 0 aliphatic carbocycles. The highest BCUT2D eigenvalue weighted by Crippen LogP contribution is 2.42. The summed E-state index contributed by atoms with van der Waals surface area (Å²) in [5.41, 5.74) is -3.13. The summed E-state index contributed by atoms with van der Waals surface area (Å²) in [6.45, 7) is -1.06. The number of fused-ring (bicyclic) bond motifs is 1. The minimum atomic E-state index is -3.18. The summed E-state index contributed by atoms with van der Waals surface area (Å²) in [6.07, 6.45) is -6.61. The van der Waals surface area contributed by atoms with Gasteiger partial charge in [0.2, 0.25) is 5.79 Å². The Kier molecular flexibility index (Phi) is 4.23. The minimum Gasteiger partial charge on any atom is -0.393 e. The van der Waals surface area contributed by atoms with Crippen LogP contribution in [0.2, 0.25) is 0 Å². The molecule has 9 heteroatoms. The van der Waals surface area contributed by atoms with Gasteiger partial charge in [-0.3, -0.25) is 10.1 Å². The van der Waals surface area contributed by atoms with Crippen LogP contribution in [-0.2, 0) is 10.5 Å². The van der Waals surface area contributed by atoms with E-state index in [4.69, 9.17) is 4.74 Å². The van der Waals surface area contributed by atoms with E-state index in [9.17, 15) is 35.6 Å². The lowest BCUT2D eigenvalue weighted by Gasteiger charge is -2.46. The van der Waals surface area contributed by atoms with Crippen molar-refractivity contribution in [2.75, 3.05) is 6.61 Å². The van der Waals surface area contributed by atoms with Gasteiger partial charge in [-0.2, -0.15) is 0 Å². The molecule has 0 radical (unpaired) electrons. The molecular weight excluding hydrogens is 334 g/mol. The van der Waals surface area contributed by atoms with Crippen molar-refractivity contribution in [2.45, 2.75) is 29.8 Å². The van der Waals surface area contributed by atoms with Crippen LogP contribution < -0.4 is 0 Å². The molecule has 1 aliphatic heterocycles. The van der Waals surface area contributed by atoms with Crippen LogP contribution in [0.15, 0.2) is 42.5 Å². The summed E-state index contributed by atoms with van der Waals surface area (Å²) < 4.78 is 5.18. The van der Waals surface area contributed by atoms with E-state index in [-0.39, 0.29) is 5.56 Å². The van der Waals surface area contributed by atoms with Crippen LogP contribution >= 0.6 is 0 Å². The summed E-state index contributed by atoms with van der Waals surface area (Å²) in [5, 5.41) is 63.2. The smallest absolute Gasteiger partial charge is 0.379 e. The molecule has 3 rings (SSSR count). The lowest BCUT2D eigenvalue weighted by Crippen LogP contribution is -2.73. The number of benzene rings is 2. The number of hydrogen-bond acceptors (Lipinski definition) is 8. The molecule has 9 nitrogen and oxygen atoms in total. The number of aliphatic hydroxyl groups excluding tert-OH is 3. The third-order valence-corrected chi connectivity index (χ3v) is 4.56. The van der Waals surface area contributed by atoms with Crippen molar-refractivity contribution in [1.82, 2.24) is 0 Å². The van der Waals surface area contributed by atoms with E-state index in [2.05, 4.69) is 0 Å². The van der Waals surface area contributed by atoms with Gasteiger partial charge in [-0.15, -0.1) is 0 Å². The highest BCUT2D eigenvalue weighted by Gasteiger charge is 2.68. The van der Waals surface area contributed by atoms with Crippen LogP contribution in [0.3, 0.4) is 0 Å². The van der Waals surface area contributed by atoms with Crippen LogP contribution in [0.25, 0.3) is 10.8 Å². The normalized spacial score (nSPS) is 35.6. The maximum absolute atomic E-state index is 11.2. The lowest BCUT2D eigenvalue weighted by molar-refractivity contribution is -0.671. The largest absolute Gasteiger partial charge is 0.393 e. The molecule has 0 aromatic heterocycles. The van der Waals surface area contributed by atoms with Crippen LogP contribution in [0.4, 0.5) is 0 Å². The van der Waals surface area contributed by atoms with E-state index in [1.54, 1.807) is 36.4 Å². The van der Waals surface area contributed by atoms with Gasteiger partial charge in [0, 0.05) is 5.56 Å². The zero-order valence-corrected chi connectivity index (χ0v) is 12.9. The average Bonchev–Trinajstić information content (AvgIpc) is 2.62. The summed E-state index contributed by atoms with van der Waals surface area (Å²) in [6, 6.07) is 11.5. The molecule has 1 fully saturated rings. The van der Waals surface area contributed by atoms with Gasteiger partial charge in [0.15, 0.2) is 12.2 Å². The van der Waals surface area contributed by atoms with Gasteiger partial charge in [0.05, 0.1) is 11.5 Å². The first-order valence-electron chi connectivity index (χ1n) is 7.49. The molecule has 0 unspecified atom stereocenters. The molecule has 0 bridgehead atoms. The van der Waals surface area contributed by atoms with Crippen molar-refractivity contribution in [3.8, 4) is 0 Å². The predicted octanol–water partition coefficient (Wildman–Crippen LogP) is -0.937. The van der Waals surface area contributed by atoms with Gasteiger partial charge in [-0.05, 0) is 10.8 Å². The number of aliphatic hydroxyl groups is 5. The van der Waals surface area contributed by atoms with Crippen molar-refractivity contribution >= 4 is 10.8 Å². The molecule has 2 aromatic rings. The molecule has 0 saturated carbocycles. The van der Waals surface area contributed by atoms with Crippen molar-refractivity contribution in [3.05, 3.63) is 58.1 Å². The maximum Gasteiger partial charge on any atom is 0.379 e. The first-order chi connectivity index (χ1) is 11.8. The number of rotatable bonds is 3. The Morgan fingerprint density at radius 3 is 2.36 bits per heavy atom. The second-order valence-electron chi connectivity index (χ2n) is 5.94. The monoisotopic (exact) mass is 351 g/mol. The maximum atomic E-state index is 11.2. The Morgan fingerprint density at radius 2 is 1.72 bits per heavy atom. The SMILES string of the molecule is O=[N+]([O-])[C@@]1(O)[C@H](O)[C@@H](O)[C@@](O)(c2cccc3ccccc23)O[C@@H]1CO. The second-order valence-corrected chi connectivity index (χ2v) is 5.94. The number of hydrogen-bond donors (Lipinski definition) is 5. The molecule has 1 aliphatic rings. The van der Waals surface area contributed by atoms with E-state index in [0.29, 0.717) is 10.8 Å². The van der Waals surface area contributed by atoms with Gasteiger partial charge in [-0.25, -0.2) is 0 Å². The molecule has 5 atom stereocenters. The first-order valence-corrected chi connectivity index (χ1v) is 7.49. The average molecular weight is 351 g/mol. The molecule has 134 valence electrons. The summed E-state index contributed by atoms with van der Waals surface area (Å²) in [5.74, 6) is -2.57. The molecule has 0 spiro atoms. The fourth-order valence-corrected chi connectivity index (χ4v) is 3.17. The van der Waals surface area contributed by atoms with Gasteiger partial charge in [0.1, 0.15) is 6.10 Å². The zero-order chi connectivity index (χ0) is 18.4. The minimum absolute atomic E-state index is 0.0426. The Balaban J connectivity index is 2.17. The van der Waals surface area contributed by atoms with E-state index >= 15 is 0 Å². The van der Waals surface area contributed by atoms with Crippen LogP contribution in [0, 0.1) is 10.1 Å². The third kappa shape index (κ3) is 2.41. The predicted molar refractivity (Wildman–Crippen MR) is 83.8 cm³/mol. The Hall–Kier alpha value is -2.14. The standard InChI is InChI=1S/C16H17NO8/c18-8-12-15(21,17(23)24)13(19)14(20)16(22,25-12)11-7-3-5-9-4-1-2-6-10(9)11/h1-7,12-14,18-22H,8H2/t12-,13-,14-,15+,16-/m1/s1. The van der Waals surface area contributed by atoms with Crippen molar-refractivity contribution in [2.24, 2.45) is 0 Å². The van der Waals surface area contributed by atoms with E-state index in [1.165, 1.54) is 6.07 Å². The summed E-state index contributed by atoms with van der Waals surface area (Å²) in [7, 11) is 0. The molecule has 5 N–H and O–H groups in total. The Labute approximate surface area is 141 Å². The highest BCUT2D eigenvalue weighted by molar-refractivity contribution is 5.86. The van der Waals surface area contributed by atoms with Gasteiger partial charge in [0.25, 0.3) is 0 Å². The van der Waals surface area contributed by atoms with Crippen LogP contribution in [0.1, 0.15) is 5.56 Å². The molecule has 1 saturated heterocycles. The number of ether oxygens (including phenoxy) is 1. The fraction of sp³-hybridized carbons (Fsp3) is 0.375.